The van der Waals surface area contributed by atoms with Crippen LogP contribution < -0.4 is 15.1 Å². The van der Waals surface area contributed by atoms with Crippen LogP contribution in [0.2, 0.25) is 0 Å². The lowest BCUT2D eigenvalue weighted by molar-refractivity contribution is -0.119. The number of carbonyl (C=O) groups excluding carboxylic acids is 1. The van der Waals surface area contributed by atoms with Gasteiger partial charge in [-0.1, -0.05) is 115 Å². The van der Waals surface area contributed by atoms with Crippen molar-refractivity contribution in [2.45, 2.75) is 17.8 Å². The molecule has 6 aromatic rings. The first-order chi connectivity index (χ1) is 22.5. The van der Waals surface area contributed by atoms with Gasteiger partial charge in [-0.25, -0.2) is 0 Å². The summed E-state index contributed by atoms with van der Waals surface area (Å²) >= 11 is 2.30. The monoisotopic (exact) mass is 713 g/mol. The number of hydrogen-bond donors (Lipinski definition) is 1. The van der Waals surface area contributed by atoms with Gasteiger partial charge in [0, 0.05) is 49.7 Å². The number of amides is 1. The molecule has 0 heterocycles. The van der Waals surface area contributed by atoms with Crippen LogP contribution in [0.3, 0.4) is 0 Å². The summed E-state index contributed by atoms with van der Waals surface area (Å²) in [5.74, 6) is -0.0338. The van der Waals surface area contributed by atoms with E-state index in [-0.39, 0.29) is 15.7 Å². The van der Waals surface area contributed by atoms with Gasteiger partial charge in [-0.3, -0.25) is 4.79 Å². The topological polar surface area (TPSA) is 35.6 Å². The average molecular weight is 714 g/mol. The third kappa shape index (κ3) is 7.16. The fourth-order valence-electron chi connectivity index (χ4n) is 5.39. The lowest BCUT2D eigenvalue weighted by Gasteiger charge is -2.26. The molecule has 5 heteroatoms. The Kier molecular flexibility index (Phi) is 9.79. The predicted octanol–water partition coefficient (Wildman–Crippen LogP) is 11.7. The van der Waals surface area contributed by atoms with Crippen LogP contribution in [0.4, 0.5) is 39.8 Å². The molecule has 46 heavy (non-hydrogen) atoms. The Morgan fingerprint density at radius 3 is 1.11 bits per heavy atom. The maximum atomic E-state index is 12.6. The molecule has 0 bridgehead atoms. The maximum absolute atomic E-state index is 12.6. The normalized spacial score (nSPS) is 12.2. The summed E-state index contributed by atoms with van der Waals surface area (Å²) in [5, 5.41) is 3.06. The molecule has 228 valence electrons. The summed E-state index contributed by atoms with van der Waals surface area (Å²) in [7, 11) is 0. The van der Waals surface area contributed by atoms with Crippen LogP contribution >= 0.6 is 22.6 Å². The van der Waals surface area contributed by atoms with Crippen LogP contribution in [-0.4, -0.2) is 9.83 Å². The lowest BCUT2D eigenvalue weighted by atomic mass is 10.0. The van der Waals surface area contributed by atoms with Gasteiger partial charge in [0.15, 0.2) is 0 Å². The molecule has 6 rings (SSSR count). The van der Waals surface area contributed by atoms with Crippen molar-refractivity contribution in [1.29, 1.82) is 0 Å². The SMILES string of the molecule is CC(I)C(C)C(=O)Nc1ccc(N(c2ccccc2)c2ccc(-c3ccc(N(c4ccccc4)c4ccccc4)cc3)cc2)cc1. The van der Waals surface area contributed by atoms with Gasteiger partial charge < -0.3 is 15.1 Å². The van der Waals surface area contributed by atoms with Gasteiger partial charge in [-0.2, -0.15) is 0 Å². The van der Waals surface area contributed by atoms with Gasteiger partial charge in [0.1, 0.15) is 0 Å². The molecule has 2 unspecified atom stereocenters. The minimum Gasteiger partial charge on any atom is -0.326 e. The minimum atomic E-state index is -0.0672. The number of benzene rings is 6. The fraction of sp³-hybridized carbons (Fsp3) is 0.0976. The zero-order valence-corrected chi connectivity index (χ0v) is 28.1. The molecule has 1 amide bonds. The van der Waals surface area contributed by atoms with Gasteiger partial charge in [-0.05, 0) is 96.1 Å². The highest BCUT2D eigenvalue weighted by Crippen LogP contribution is 2.38. The molecule has 1 N–H and O–H groups in total. The van der Waals surface area contributed by atoms with Crippen molar-refractivity contribution >= 4 is 68.3 Å². The summed E-state index contributed by atoms with van der Waals surface area (Å²) in [6, 6.07) is 56.7. The Morgan fingerprint density at radius 2 is 0.783 bits per heavy atom. The van der Waals surface area contributed by atoms with E-state index in [0.29, 0.717) is 0 Å². The van der Waals surface area contributed by atoms with E-state index in [4.69, 9.17) is 0 Å². The average Bonchev–Trinajstić information content (AvgIpc) is 3.11. The van der Waals surface area contributed by atoms with E-state index in [1.807, 2.05) is 49.4 Å². The molecular formula is C41H36IN3O. The molecule has 2 atom stereocenters. The molecule has 0 aliphatic carbocycles. The second-order valence-electron chi connectivity index (χ2n) is 11.3. The quantitative estimate of drug-likeness (QED) is 0.113. The molecule has 0 fully saturated rings. The number of halogens is 1. The van der Waals surface area contributed by atoms with E-state index in [9.17, 15) is 4.79 Å². The maximum Gasteiger partial charge on any atom is 0.228 e. The van der Waals surface area contributed by atoms with Gasteiger partial charge >= 0.3 is 0 Å². The van der Waals surface area contributed by atoms with Crippen molar-refractivity contribution in [3.8, 4) is 11.1 Å². The Balaban J connectivity index is 1.26. The van der Waals surface area contributed by atoms with Crippen LogP contribution in [0, 0.1) is 5.92 Å². The Bertz CT molecular complexity index is 1800. The zero-order chi connectivity index (χ0) is 31.9. The molecule has 6 aromatic carbocycles. The minimum absolute atomic E-state index is 0.0334. The third-order valence-electron chi connectivity index (χ3n) is 8.12. The number of nitrogens with zero attached hydrogens (tertiary/aromatic N) is 2. The second-order valence-corrected chi connectivity index (χ2v) is 13.2. The molecule has 0 spiro atoms. The summed E-state index contributed by atoms with van der Waals surface area (Å²) < 4.78 is 0.254. The van der Waals surface area contributed by atoms with Gasteiger partial charge in [0.2, 0.25) is 5.91 Å². The Labute approximate surface area is 285 Å². The number of para-hydroxylation sites is 3. The van der Waals surface area contributed by atoms with Gasteiger partial charge in [0.25, 0.3) is 0 Å². The number of anilines is 7. The molecule has 0 aromatic heterocycles. The van der Waals surface area contributed by atoms with Gasteiger partial charge in [-0.15, -0.1) is 0 Å². The highest BCUT2D eigenvalue weighted by molar-refractivity contribution is 14.1. The number of alkyl halides is 1. The molecule has 0 saturated heterocycles. The van der Waals surface area contributed by atoms with Crippen LogP contribution in [-0.2, 0) is 4.79 Å². The number of hydrogen-bond acceptors (Lipinski definition) is 3. The van der Waals surface area contributed by atoms with Crippen molar-refractivity contribution in [2.24, 2.45) is 5.92 Å². The summed E-state index contributed by atoms with van der Waals surface area (Å²) in [5.41, 5.74) is 9.55. The van der Waals surface area contributed by atoms with Crippen molar-refractivity contribution in [2.75, 3.05) is 15.1 Å². The largest absolute Gasteiger partial charge is 0.326 e. The first-order valence-corrected chi connectivity index (χ1v) is 16.7. The lowest BCUT2D eigenvalue weighted by Crippen LogP contribution is -2.25. The summed E-state index contributed by atoms with van der Waals surface area (Å²) in [4.78, 5) is 17.1. The molecule has 4 nitrogen and oxygen atoms in total. The first kappa shape index (κ1) is 31.1. The van der Waals surface area contributed by atoms with E-state index in [1.54, 1.807) is 0 Å². The van der Waals surface area contributed by atoms with Crippen molar-refractivity contribution in [3.05, 3.63) is 164 Å². The fourth-order valence-corrected chi connectivity index (χ4v) is 5.72. The number of carbonyl (C=O) groups is 1. The molecule has 0 aliphatic rings. The highest BCUT2D eigenvalue weighted by atomic mass is 127. The zero-order valence-electron chi connectivity index (χ0n) is 25.9. The van der Waals surface area contributed by atoms with Crippen molar-refractivity contribution in [1.82, 2.24) is 0 Å². The first-order valence-electron chi connectivity index (χ1n) is 15.5. The summed E-state index contributed by atoms with van der Waals surface area (Å²) in [6.45, 7) is 4.01. The highest BCUT2D eigenvalue weighted by Gasteiger charge is 2.19. The van der Waals surface area contributed by atoms with Crippen LogP contribution in [0.1, 0.15) is 13.8 Å². The molecular weight excluding hydrogens is 677 g/mol. The van der Waals surface area contributed by atoms with Crippen molar-refractivity contribution < 1.29 is 4.79 Å². The Morgan fingerprint density at radius 1 is 0.478 bits per heavy atom. The smallest absolute Gasteiger partial charge is 0.228 e. The van der Waals surface area contributed by atoms with E-state index < -0.39 is 0 Å². The second kappa shape index (κ2) is 14.5. The number of rotatable bonds is 10. The van der Waals surface area contributed by atoms with E-state index in [1.165, 1.54) is 0 Å². The standard InChI is InChI=1S/C41H36IN3O/c1-30(31(2)42)41(46)43-34-22-28-40(29-23-34)45(37-16-10-5-11-17-37)39-26-20-33(21-27-39)32-18-24-38(25-19-32)44(35-12-6-3-7-13-35)36-14-8-4-9-15-36/h3-31H,1-2H3,(H,43,46). The predicted molar refractivity (Wildman–Crippen MR) is 203 cm³/mol. The van der Waals surface area contributed by atoms with E-state index in [0.717, 1.165) is 50.9 Å². The van der Waals surface area contributed by atoms with Gasteiger partial charge in [0.05, 0.1) is 0 Å². The number of nitrogens with one attached hydrogen (secondary N) is 1. The molecule has 0 saturated carbocycles. The molecule has 0 radical (unpaired) electrons. The van der Waals surface area contributed by atoms with Crippen LogP contribution in [0.15, 0.2) is 164 Å². The Hall–Kier alpha value is -4.88. The van der Waals surface area contributed by atoms with Crippen molar-refractivity contribution in [3.63, 3.8) is 0 Å². The van der Waals surface area contributed by atoms with E-state index >= 15 is 0 Å². The van der Waals surface area contributed by atoms with E-state index in [2.05, 4.69) is 166 Å². The van der Waals surface area contributed by atoms with Crippen LogP contribution in [0.5, 0.6) is 0 Å². The van der Waals surface area contributed by atoms with Crippen LogP contribution in [0.25, 0.3) is 11.1 Å². The summed E-state index contributed by atoms with van der Waals surface area (Å²) in [6.07, 6.45) is 0. The third-order valence-corrected chi connectivity index (χ3v) is 9.20. The molecule has 0 aliphatic heterocycles.